The van der Waals surface area contributed by atoms with Crippen molar-refractivity contribution in [2.45, 2.75) is 6.54 Å². The van der Waals surface area contributed by atoms with Crippen LogP contribution in [0.4, 0.5) is 11.4 Å². The molecular weight excluding hydrogens is 382 g/mol. The van der Waals surface area contributed by atoms with Crippen LogP contribution < -0.4 is 10.6 Å². The molecular formula is C22H19N5O3. The van der Waals surface area contributed by atoms with Gasteiger partial charge in [-0.1, -0.05) is 12.1 Å². The molecule has 8 nitrogen and oxygen atoms in total. The average Bonchev–Trinajstić information content (AvgIpc) is 3.21. The van der Waals surface area contributed by atoms with E-state index in [1.807, 2.05) is 24.3 Å². The van der Waals surface area contributed by atoms with E-state index < -0.39 is 5.97 Å². The van der Waals surface area contributed by atoms with Gasteiger partial charge in [-0.15, -0.1) is 0 Å². The number of esters is 1. The molecule has 4 rings (SSSR count). The molecule has 0 aliphatic carbocycles. The molecule has 1 aromatic carbocycles. The summed E-state index contributed by atoms with van der Waals surface area (Å²) in [5.74, 6) is -0.639. The highest BCUT2D eigenvalue weighted by molar-refractivity contribution is 6.04. The molecule has 3 N–H and O–H groups in total. The smallest absolute Gasteiger partial charge is 0.354 e. The Labute approximate surface area is 172 Å². The third kappa shape index (κ3) is 4.27. The van der Waals surface area contributed by atoms with Crippen LogP contribution in [0.25, 0.3) is 11.0 Å². The minimum absolute atomic E-state index is 0.199. The number of carbonyl (C=O) groups excluding carboxylic acids is 2. The fourth-order valence-corrected chi connectivity index (χ4v) is 3.00. The summed E-state index contributed by atoms with van der Waals surface area (Å²) in [6.45, 7) is 0.509. The molecule has 3 aromatic heterocycles. The molecule has 8 heteroatoms. The summed E-state index contributed by atoms with van der Waals surface area (Å²) in [6.07, 6.45) is 4.93. The van der Waals surface area contributed by atoms with Gasteiger partial charge in [0.15, 0.2) is 0 Å². The van der Waals surface area contributed by atoms with E-state index in [-0.39, 0.29) is 5.91 Å². The van der Waals surface area contributed by atoms with Gasteiger partial charge in [0.25, 0.3) is 5.91 Å². The molecule has 150 valence electrons. The van der Waals surface area contributed by atoms with Crippen LogP contribution in [0.2, 0.25) is 0 Å². The number of ether oxygens (including phenoxy) is 1. The third-order valence-electron chi connectivity index (χ3n) is 4.48. The summed E-state index contributed by atoms with van der Waals surface area (Å²) in [4.78, 5) is 35.3. The molecule has 0 aliphatic rings. The first-order chi connectivity index (χ1) is 14.6. The van der Waals surface area contributed by atoms with E-state index in [1.165, 1.54) is 7.11 Å². The second kappa shape index (κ2) is 8.44. The summed E-state index contributed by atoms with van der Waals surface area (Å²) in [7, 11) is 1.33. The van der Waals surface area contributed by atoms with Crippen LogP contribution in [-0.2, 0) is 11.3 Å². The maximum atomic E-state index is 12.5. The monoisotopic (exact) mass is 401 g/mol. The number of nitrogens with one attached hydrogen (secondary N) is 3. The van der Waals surface area contributed by atoms with Gasteiger partial charge in [-0.25, -0.2) is 9.78 Å². The molecule has 0 aliphatic heterocycles. The van der Waals surface area contributed by atoms with Gasteiger partial charge < -0.3 is 20.4 Å². The van der Waals surface area contributed by atoms with E-state index in [4.69, 9.17) is 4.74 Å². The van der Waals surface area contributed by atoms with Gasteiger partial charge in [0.1, 0.15) is 11.3 Å². The van der Waals surface area contributed by atoms with Crippen LogP contribution in [0.1, 0.15) is 26.4 Å². The normalized spacial score (nSPS) is 10.6. The molecule has 0 unspecified atom stereocenters. The first kappa shape index (κ1) is 19.1. The molecule has 30 heavy (non-hydrogen) atoms. The number of nitrogens with zero attached hydrogens (tertiary/aromatic N) is 2. The highest BCUT2D eigenvalue weighted by Gasteiger charge is 2.11. The Hall–Kier alpha value is -4.20. The molecule has 0 fully saturated rings. The fraction of sp³-hybridized carbons (Fsp3) is 0.0909. The molecule has 0 saturated heterocycles. The Morgan fingerprint density at radius 1 is 1.07 bits per heavy atom. The Balaban J connectivity index is 1.44. The van der Waals surface area contributed by atoms with Crippen molar-refractivity contribution >= 4 is 34.3 Å². The molecule has 0 spiro atoms. The number of hydrogen-bond acceptors (Lipinski definition) is 6. The molecule has 0 bridgehead atoms. The van der Waals surface area contributed by atoms with Crippen LogP contribution in [0, 0.1) is 0 Å². The minimum Gasteiger partial charge on any atom is -0.464 e. The topological polar surface area (TPSA) is 109 Å². The van der Waals surface area contributed by atoms with Gasteiger partial charge >= 0.3 is 5.97 Å². The van der Waals surface area contributed by atoms with Crippen molar-refractivity contribution in [3.63, 3.8) is 0 Å². The minimum atomic E-state index is -0.441. The van der Waals surface area contributed by atoms with Crippen LogP contribution in [-0.4, -0.2) is 33.9 Å². The third-order valence-corrected chi connectivity index (χ3v) is 4.48. The second-order valence-corrected chi connectivity index (χ2v) is 6.59. The van der Waals surface area contributed by atoms with Crippen molar-refractivity contribution in [3.05, 3.63) is 83.9 Å². The second-order valence-electron chi connectivity index (χ2n) is 6.59. The van der Waals surface area contributed by atoms with Crippen LogP contribution >= 0.6 is 0 Å². The summed E-state index contributed by atoms with van der Waals surface area (Å²) in [5, 5.41) is 6.91. The average molecular weight is 401 g/mol. The number of fused-ring (bicyclic) bond motifs is 1. The first-order valence-corrected chi connectivity index (χ1v) is 9.23. The number of anilines is 2. The zero-order valence-corrected chi connectivity index (χ0v) is 16.2. The molecule has 0 atom stereocenters. The number of benzene rings is 1. The quantitative estimate of drug-likeness (QED) is 0.426. The zero-order chi connectivity index (χ0) is 20.9. The Morgan fingerprint density at radius 3 is 2.77 bits per heavy atom. The number of aromatic amines is 1. The Kier molecular flexibility index (Phi) is 5.38. The summed E-state index contributed by atoms with van der Waals surface area (Å²) in [5.41, 5.74) is 3.89. The van der Waals surface area contributed by atoms with E-state index in [0.29, 0.717) is 29.1 Å². The number of aromatic nitrogens is 3. The van der Waals surface area contributed by atoms with E-state index in [2.05, 4.69) is 25.6 Å². The van der Waals surface area contributed by atoms with Gasteiger partial charge in [-0.3, -0.25) is 9.78 Å². The number of carbonyl (C=O) groups is 2. The molecule has 0 saturated carbocycles. The van der Waals surface area contributed by atoms with Crippen molar-refractivity contribution in [2.75, 3.05) is 17.7 Å². The maximum Gasteiger partial charge on any atom is 0.354 e. The van der Waals surface area contributed by atoms with Crippen molar-refractivity contribution in [1.29, 1.82) is 0 Å². The van der Waals surface area contributed by atoms with Crippen LogP contribution in [0.3, 0.4) is 0 Å². The van der Waals surface area contributed by atoms with Crippen molar-refractivity contribution in [3.8, 4) is 0 Å². The van der Waals surface area contributed by atoms with Crippen molar-refractivity contribution < 1.29 is 14.3 Å². The predicted molar refractivity (Wildman–Crippen MR) is 113 cm³/mol. The number of amides is 1. The highest BCUT2D eigenvalue weighted by atomic mass is 16.5. The van der Waals surface area contributed by atoms with Crippen molar-refractivity contribution in [1.82, 2.24) is 15.0 Å². The zero-order valence-electron chi connectivity index (χ0n) is 16.2. The lowest BCUT2D eigenvalue weighted by atomic mass is 10.1. The molecule has 1 amide bonds. The number of rotatable bonds is 6. The number of methoxy groups -OCH3 is 1. The molecule has 0 radical (unpaired) electrons. The van der Waals surface area contributed by atoms with Gasteiger partial charge in [0, 0.05) is 23.7 Å². The van der Waals surface area contributed by atoms with Gasteiger partial charge in [0.2, 0.25) is 0 Å². The Bertz CT molecular complexity index is 1200. The lowest BCUT2D eigenvalue weighted by Gasteiger charge is -2.09. The Morgan fingerprint density at radius 2 is 1.97 bits per heavy atom. The maximum absolute atomic E-state index is 12.5. The SMILES string of the molecule is COC(=O)c1cc2cc(NCc3cccc(C(=O)Nc4cccnc4)c3)cnc2[nH]1. The summed E-state index contributed by atoms with van der Waals surface area (Å²) < 4.78 is 4.72. The highest BCUT2D eigenvalue weighted by Crippen LogP contribution is 2.19. The summed E-state index contributed by atoms with van der Waals surface area (Å²) in [6, 6.07) is 14.5. The van der Waals surface area contributed by atoms with E-state index in [0.717, 1.165) is 16.6 Å². The predicted octanol–water partition coefficient (Wildman–Crippen LogP) is 3.61. The fourth-order valence-electron chi connectivity index (χ4n) is 3.00. The lowest BCUT2D eigenvalue weighted by molar-refractivity contribution is 0.0595. The van der Waals surface area contributed by atoms with E-state index >= 15 is 0 Å². The first-order valence-electron chi connectivity index (χ1n) is 9.23. The van der Waals surface area contributed by atoms with Crippen molar-refractivity contribution in [2.24, 2.45) is 0 Å². The van der Waals surface area contributed by atoms with E-state index in [9.17, 15) is 9.59 Å². The number of pyridine rings is 2. The van der Waals surface area contributed by atoms with Crippen LogP contribution in [0.15, 0.2) is 67.1 Å². The standard InChI is InChI=1S/C22H19N5O3/c1-30-22(29)19-10-16-9-18(13-25-20(16)27-19)24-11-14-4-2-5-15(8-14)21(28)26-17-6-3-7-23-12-17/h2-10,12-13,24H,11H2,1H3,(H,25,27)(H,26,28). The largest absolute Gasteiger partial charge is 0.464 e. The van der Waals surface area contributed by atoms with E-state index in [1.54, 1.807) is 42.9 Å². The number of H-pyrrole nitrogens is 1. The van der Waals surface area contributed by atoms with Gasteiger partial charge in [-0.05, 0) is 42.0 Å². The van der Waals surface area contributed by atoms with Gasteiger partial charge in [-0.2, -0.15) is 0 Å². The summed E-state index contributed by atoms with van der Waals surface area (Å²) >= 11 is 0. The molecule has 4 aromatic rings. The lowest BCUT2D eigenvalue weighted by Crippen LogP contribution is -2.12. The van der Waals surface area contributed by atoms with Crippen LogP contribution in [0.5, 0.6) is 0 Å². The number of hydrogen-bond donors (Lipinski definition) is 3. The van der Waals surface area contributed by atoms with Gasteiger partial charge in [0.05, 0.1) is 30.9 Å². The molecule has 3 heterocycles.